The molecule has 0 radical (unpaired) electrons. The minimum atomic E-state index is -0.511. The molecule has 3 N–H and O–H groups in total. The van der Waals surface area contributed by atoms with Gasteiger partial charge < -0.3 is 9.72 Å². The molecular formula is C14H21N3O4. The fraction of sp³-hybridized carbons (Fsp3) is 0.500. The Morgan fingerprint density at radius 1 is 1.19 bits per heavy atom. The van der Waals surface area contributed by atoms with Gasteiger partial charge >= 0.3 is 5.97 Å². The van der Waals surface area contributed by atoms with E-state index in [0.717, 1.165) is 0 Å². The van der Waals surface area contributed by atoms with Crippen LogP contribution in [0.3, 0.4) is 0 Å². The van der Waals surface area contributed by atoms with Gasteiger partial charge in [0.15, 0.2) is 0 Å². The van der Waals surface area contributed by atoms with Gasteiger partial charge in [-0.1, -0.05) is 13.8 Å². The molecule has 0 aliphatic rings. The third kappa shape index (κ3) is 4.08. The van der Waals surface area contributed by atoms with Crippen molar-refractivity contribution in [2.45, 2.75) is 34.1 Å². The zero-order valence-electron chi connectivity index (χ0n) is 12.9. The van der Waals surface area contributed by atoms with Gasteiger partial charge in [0.25, 0.3) is 5.91 Å². The third-order valence-electron chi connectivity index (χ3n) is 2.96. The number of hydrogen-bond donors (Lipinski definition) is 3. The molecule has 116 valence electrons. The fourth-order valence-corrected chi connectivity index (χ4v) is 2.00. The standard InChI is InChI=1S/C14H21N3O4/c1-7(2)6-10(18)16-17-13(19)12-8(3)11(9(4)15-12)14(20)21-5/h7,15H,6H2,1-5H3,(H,16,18)(H,17,19). The average molecular weight is 295 g/mol. The molecule has 7 heteroatoms. The Hall–Kier alpha value is -2.31. The lowest BCUT2D eigenvalue weighted by Crippen LogP contribution is -2.42. The summed E-state index contributed by atoms with van der Waals surface area (Å²) in [4.78, 5) is 38.0. The van der Waals surface area contributed by atoms with Crippen molar-refractivity contribution in [1.82, 2.24) is 15.8 Å². The summed E-state index contributed by atoms with van der Waals surface area (Å²) in [6, 6.07) is 0. The number of esters is 1. The van der Waals surface area contributed by atoms with Crippen molar-refractivity contribution >= 4 is 17.8 Å². The first-order chi connectivity index (χ1) is 9.77. The van der Waals surface area contributed by atoms with Crippen LogP contribution in [0.2, 0.25) is 0 Å². The van der Waals surface area contributed by atoms with Gasteiger partial charge in [-0.2, -0.15) is 0 Å². The third-order valence-corrected chi connectivity index (χ3v) is 2.96. The maximum absolute atomic E-state index is 12.0. The molecule has 1 heterocycles. The second-order valence-electron chi connectivity index (χ2n) is 5.22. The van der Waals surface area contributed by atoms with E-state index in [4.69, 9.17) is 0 Å². The first kappa shape index (κ1) is 16.7. The molecule has 0 bridgehead atoms. The summed E-state index contributed by atoms with van der Waals surface area (Å²) >= 11 is 0. The van der Waals surface area contributed by atoms with Crippen molar-refractivity contribution in [3.05, 3.63) is 22.5 Å². The van der Waals surface area contributed by atoms with Gasteiger partial charge in [0.05, 0.1) is 12.7 Å². The first-order valence-electron chi connectivity index (χ1n) is 6.64. The largest absolute Gasteiger partial charge is 0.465 e. The Morgan fingerprint density at radius 3 is 2.33 bits per heavy atom. The summed E-state index contributed by atoms with van der Waals surface area (Å²) in [6.07, 6.45) is 0.316. The summed E-state index contributed by atoms with van der Waals surface area (Å²) in [5.41, 5.74) is 6.23. The highest BCUT2D eigenvalue weighted by Gasteiger charge is 2.22. The molecule has 2 amide bonds. The predicted octanol–water partition coefficient (Wildman–Crippen LogP) is 1.23. The number of ether oxygens (including phenoxy) is 1. The summed E-state index contributed by atoms with van der Waals surface area (Å²) < 4.78 is 4.67. The second kappa shape index (κ2) is 6.92. The van der Waals surface area contributed by atoms with E-state index in [0.29, 0.717) is 23.2 Å². The molecule has 0 saturated heterocycles. The minimum Gasteiger partial charge on any atom is -0.465 e. The lowest BCUT2D eigenvalue weighted by atomic mass is 10.1. The van der Waals surface area contributed by atoms with Crippen molar-refractivity contribution in [1.29, 1.82) is 0 Å². The number of carbonyl (C=O) groups excluding carboxylic acids is 3. The quantitative estimate of drug-likeness (QED) is 0.574. The topological polar surface area (TPSA) is 100 Å². The van der Waals surface area contributed by atoms with Crippen LogP contribution < -0.4 is 10.9 Å². The van der Waals surface area contributed by atoms with Crippen molar-refractivity contribution in [2.75, 3.05) is 7.11 Å². The van der Waals surface area contributed by atoms with Crippen LogP contribution in [0, 0.1) is 19.8 Å². The predicted molar refractivity (Wildman–Crippen MR) is 76.7 cm³/mol. The molecule has 0 aromatic carbocycles. The molecule has 1 rings (SSSR count). The molecule has 7 nitrogen and oxygen atoms in total. The van der Waals surface area contributed by atoms with E-state index in [9.17, 15) is 14.4 Å². The van der Waals surface area contributed by atoms with E-state index in [2.05, 4.69) is 20.6 Å². The number of aromatic nitrogens is 1. The second-order valence-corrected chi connectivity index (χ2v) is 5.22. The average Bonchev–Trinajstić information content (AvgIpc) is 2.70. The van der Waals surface area contributed by atoms with Crippen molar-refractivity contribution in [3.63, 3.8) is 0 Å². The molecule has 0 unspecified atom stereocenters. The van der Waals surface area contributed by atoms with Crippen LogP contribution in [0.25, 0.3) is 0 Å². The highest BCUT2D eigenvalue weighted by Crippen LogP contribution is 2.18. The van der Waals surface area contributed by atoms with E-state index in [1.165, 1.54) is 7.11 Å². The number of methoxy groups -OCH3 is 1. The smallest absolute Gasteiger partial charge is 0.339 e. The van der Waals surface area contributed by atoms with Crippen molar-refractivity contribution in [2.24, 2.45) is 5.92 Å². The Kier molecular flexibility index (Phi) is 5.52. The molecule has 1 aromatic heterocycles. The van der Waals surface area contributed by atoms with Gasteiger partial charge in [-0.05, 0) is 25.3 Å². The fourth-order valence-electron chi connectivity index (χ4n) is 2.00. The van der Waals surface area contributed by atoms with E-state index in [1.807, 2.05) is 13.8 Å². The maximum atomic E-state index is 12.0. The van der Waals surface area contributed by atoms with E-state index >= 15 is 0 Å². The molecule has 0 atom stereocenters. The number of hydrogen-bond acceptors (Lipinski definition) is 4. The minimum absolute atomic E-state index is 0.197. The van der Waals surface area contributed by atoms with Crippen LogP contribution in [-0.2, 0) is 9.53 Å². The van der Waals surface area contributed by atoms with Crippen LogP contribution >= 0.6 is 0 Å². The Balaban J connectivity index is 2.80. The van der Waals surface area contributed by atoms with Gasteiger partial charge in [0.2, 0.25) is 5.91 Å². The van der Waals surface area contributed by atoms with Crippen LogP contribution in [-0.4, -0.2) is 29.9 Å². The van der Waals surface area contributed by atoms with E-state index in [-0.39, 0.29) is 17.5 Å². The van der Waals surface area contributed by atoms with Gasteiger partial charge in [0.1, 0.15) is 5.69 Å². The Labute approximate surface area is 123 Å². The molecule has 0 aliphatic carbocycles. The number of nitrogens with one attached hydrogen (secondary N) is 3. The van der Waals surface area contributed by atoms with Crippen LogP contribution in [0.5, 0.6) is 0 Å². The van der Waals surface area contributed by atoms with Crippen LogP contribution in [0.15, 0.2) is 0 Å². The number of rotatable bonds is 4. The first-order valence-corrected chi connectivity index (χ1v) is 6.64. The Bertz CT molecular complexity index is 561. The summed E-state index contributed by atoms with van der Waals surface area (Å²) in [6.45, 7) is 7.12. The van der Waals surface area contributed by atoms with Gasteiger partial charge in [-0.15, -0.1) is 0 Å². The van der Waals surface area contributed by atoms with Gasteiger partial charge in [-0.25, -0.2) is 4.79 Å². The van der Waals surface area contributed by atoms with E-state index in [1.54, 1.807) is 13.8 Å². The molecule has 0 fully saturated rings. The highest BCUT2D eigenvalue weighted by molar-refractivity contribution is 6.00. The van der Waals surface area contributed by atoms with Crippen molar-refractivity contribution < 1.29 is 19.1 Å². The number of carbonyl (C=O) groups is 3. The number of aryl methyl sites for hydroxylation is 1. The molecule has 21 heavy (non-hydrogen) atoms. The number of amides is 2. The highest BCUT2D eigenvalue weighted by atomic mass is 16.5. The molecular weight excluding hydrogens is 274 g/mol. The maximum Gasteiger partial charge on any atom is 0.339 e. The summed E-state index contributed by atoms with van der Waals surface area (Å²) in [7, 11) is 1.28. The summed E-state index contributed by atoms with van der Waals surface area (Å²) in [5, 5.41) is 0. The van der Waals surface area contributed by atoms with Gasteiger partial charge in [0, 0.05) is 12.1 Å². The van der Waals surface area contributed by atoms with Crippen molar-refractivity contribution in [3.8, 4) is 0 Å². The molecule has 0 spiro atoms. The zero-order chi connectivity index (χ0) is 16.2. The number of aromatic amines is 1. The monoisotopic (exact) mass is 295 g/mol. The number of hydrazine groups is 1. The number of H-pyrrole nitrogens is 1. The van der Waals surface area contributed by atoms with E-state index < -0.39 is 11.9 Å². The summed E-state index contributed by atoms with van der Waals surface area (Å²) in [5.74, 6) is -1.10. The lowest BCUT2D eigenvalue weighted by Gasteiger charge is -2.08. The molecule has 1 aromatic rings. The molecule has 0 aliphatic heterocycles. The van der Waals surface area contributed by atoms with Crippen LogP contribution in [0.1, 0.15) is 52.4 Å². The van der Waals surface area contributed by atoms with Crippen LogP contribution in [0.4, 0.5) is 0 Å². The molecule has 0 saturated carbocycles. The normalized spacial score (nSPS) is 10.4. The van der Waals surface area contributed by atoms with Gasteiger partial charge in [-0.3, -0.25) is 20.4 Å². The Morgan fingerprint density at radius 2 is 1.81 bits per heavy atom. The SMILES string of the molecule is COC(=O)c1c(C)[nH]c(C(=O)NNC(=O)CC(C)C)c1C. The lowest BCUT2D eigenvalue weighted by molar-refractivity contribution is -0.122. The zero-order valence-corrected chi connectivity index (χ0v) is 12.9.